The topological polar surface area (TPSA) is 83.8 Å². The number of rotatable bonds is 5. The lowest BCUT2D eigenvalue weighted by molar-refractivity contribution is -0.145. The van der Waals surface area contributed by atoms with Crippen molar-refractivity contribution in [1.29, 1.82) is 0 Å². The van der Waals surface area contributed by atoms with Crippen LogP contribution < -0.4 is 0 Å². The van der Waals surface area contributed by atoms with Crippen LogP contribution in [0, 0.1) is 0 Å². The van der Waals surface area contributed by atoms with E-state index in [1.54, 1.807) is 0 Å². The molecule has 0 aliphatic rings. The standard InChI is InChI=1S/C8H12O5/c1-5(2)8(12)13-4-7(11)6(10)3-9/h7,9,11H,1,3-4H2,2H3. The van der Waals surface area contributed by atoms with E-state index in [9.17, 15) is 9.59 Å². The molecule has 0 aromatic heterocycles. The van der Waals surface area contributed by atoms with Gasteiger partial charge in [-0.2, -0.15) is 0 Å². The van der Waals surface area contributed by atoms with Gasteiger partial charge in [-0.1, -0.05) is 6.58 Å². The lowest BCUT2D eigenvalue weighted by Gasteiger charge is -2.08. The zero-order chi connectivity index (χ0) is 10.4. The molecule has 0 aliphatic heterocycles. The minimum absolute atomic E-state index is 0.184. The number of aliphatic hydroxyl groups is 2. The predicted octanol–water partition coefficient (Wildman–Crippen LogP) is -0.972. The number of carbonyl (C=O) groups is 2. The average molecular weight is 188 g/mol. The van der Waals surface area contributed by atoms with Gasteiger partial charge in [-0.15, -0.1) is 0 Å². The fourth-order valence-corrected chi connectivity index (χ4v) is 0.476. The van der Waals surface area contributed by atoms with Crippen molar-refractivity contribution in [2.24, 2.45) is 0 Å². The van der Waals surface area contributed by atoms with Gasteiger partial charge in [-0.25, -0.2) is 4.79 Å². The van der Waals surface area contributed by atoms with Crippen LogP contribution in [0.15, 0.2) is 12.2 Å². The van der Waals surface area contributed by atoms with Crippen molar-refractivity contribution in [1.82, 2.24) is 0 Å². The number of ketones is 1. The average Bonchev–Trinajstić information content (AvgIpc) is 2.11. The van der Waals surface area contributed by atoms with E-state index < -0.39 is 31.1 Å². The highest BCUT2D eigenvalue weighted by molar-refractivity contribution is 5.88. The molecule has 0 rings (SSSR count). The number of ether oxygens (including phenoxy) is 1. The summed E-state index contributed by atoms with van der Waals surface area (Å²) in [6.07, 6.45) is -1.46. The zero-order valence-electron chi connectivity index (χ0n) is 7.32. The Morgan fingerprint density at radius 3 is 2.46 bits per heavy atom. The van der Waals surface area contributed by atoms with Crippen LogP contribution in [-0.4, -0.2) is 41.3 Å². The predicted molar refractivity (Wildman–Crippen MR) is 43.9 cm³/mol. The molecule has 0 amide bonds. The van der Waals surface area contributed by atoms with E-state index in [0.29, 0.717) is 0 Å². The molecule has 13 heavy (non-hydrogen) atoms. The van der Waals surface area contributed by atoms with Crippen molar-refractivity contribution in [3.05, 3.63) is 12.2 Å². The van der Waals surface area contributed by atoms with E-state index in [-0.39, 0.29) is 5.57 Å². The summed E-state index contributed by atoms with van der Waals surface area (Å²) in [7, 11) is 0. The minimum Gasteiger partial charge on any atom is -0.459 e. The smallest absolute Gasteiger partial charge is 0.333 e. The molecule has 1 atom stereocenters. The van der Waals surface area contributed by atoms with Crippen molar-refractivity contribution >= 4 is 11.8 Å². The second kappa shape index (κ2) is 5.45. The van der Waals surface area contributed by atoms with Gasteiger partial charge >= 0.3 is 5.97 Å². The Bertz CT molecular complexity index is 221. The molecule has 0 aromatic carbocycles. The van der Waals surface area contributed by atoms with Crippen LogP contribution in [0.1, 0.15) is 6.92 Å². The van der Waals surface area contributed by atoms with Crippen LogP contribution in [0.5, 0.6) is 0 Å². The van der Waals surface area contributed by atoms with Gasteiger partial charge < -0.3 is 14.9 Å². The molecule has 0 bridgehead atoms. The summed E-state index contributed by atoms with van der Waals surface area (Å²) in [6, 6.07) is 0. The Morgan fingerprint density at radius 2 is 2.08 bits per heavy atom. The van der Waals surface area contributed by atoms with Crippen molar-refractivity contribution < 1.29 is 24.5 Å². The first-order valence-electron chi connectivity index (χ1n) is 3.63. The highest BCUT2D eigenvalue weighted by Crippen LogP contribution is 1.94. The Kier molecular flexibility index (Phi) is 4.94. The van der Waals surface area contributed by atoms with Crippen molar-refractivity contribution in [2.75, 3.05) is 13.2 Å². The van der Waals surface area contributed by atoms with Crippen LogP contribution in [0.2, 0.25) is 0 Å². The first-order chi connectivity index (χ1) is 5.99. The summed E-state index contributed by atoms with van der Waals surface area (Å²) in [5, 5.41) is 17.2. The molecule has 0 radical (unpaired) electrons. The fourth-order valence-electron chi connectivity index (χ4n) is 0.476. The third kappa shape index (κ3) is 4.39. The summed E-state index contributed by atoms with van der Waals surface area (Å²) in [5.41, 5.74) is 0.184. The monoisotopic (exact) mass is 188 g/mol. The molecule has 0 saturated carbocycles. The van der Waals surface area contributed by atoms with Gasteiger partial charge in [0.1, 0.15) is 19.3 Å². The summed E-state index contributed by atoms with van der Waals surface area (Å²) in [4.78, 5) is 21.3. The van der Waals surface area contributed by atoms with Gasteiger partial charge in [0, 0.05) is 5.57 Å². The quantitative estimate of drug-likeness (QED) is 0.428. The largest absolute Gasteiger partial charge is 0.459 e. The Labute approximate surface area is 75.6 Å². The van der Waals surface area contributed by atoms with Gasteiger partial charge in [-0.05, 0) is 6.92 Å². The fraction of sp³-hybridized carbons (Fsp3) is 0.500. The second-order valence-electron chi connectivity index (χ2n) is 2.52. The van der Waals surface area contributed by atoms with Crippen LogP contribution in [0.25, 0.3) is 0 Å². The number of esters is 1. The number of hydrogen-bond acceptors (Lipinski definition) is 5. The van der Waals surface area contributed by atoms with E-state index in [1.807, 2.05) is 0 Å². The maximum atomic E-state index is 10.8. The van der Waals surface area contributed by atoms with Crippen LogP contribution in [-0.2, 0) is 14.3 Å². The molecule has 0 aromatic rings. The van der Waals surface area contributed by atoms with Crippen molar-refractivity contribution in [3.63, 3.8) is 0 Å². The van der Waals surface area contributed by atoms with Gasteiger partial charge in [-0.3, -0.25) is 4.79 Å². The number of hydrogen-bond donors (Lipinski definition) is 2. The molecule has 0 aliphatic carbocycles. The first kappa shape index (κ1) is 11.8. The summed E-state index contributed by atoms with van der Waals surface area (Å²) in [6.45, 7) is 3.53. The summed E-state index contributed by atoms with van der Waals surface area (Å²) < 4.78 is 4.47. The van der Waals surface area contributed by atoms with Crippen molar-refractivity contribution in [2.45, 2.75) is 13.0 Å². The molecule has 5 nitrogen and oxygen atoms in total. The molecule has 5 heteroatoms. The van der Waals surface area contributed by atoms with E-state index in [4.69, 9.17) is 10.2 Å². The number of carbonyl (C=O) groups excluding carboxylic acids is 2. The van der Waals surface area contributed by atoms with Gasteiger partial charge in [0.2, 0.25) is 0 Å². The van der Waals surface area contributed by atoms with Crippen molar-refractivity contribution in [3.8, 4) is 0 Å². The SMILES string of the molecule is C=C(C)C(=O)OCC(O)C(=O)CO. The van der Waals surface area contributed by atoms with E-state index in [1.165, 1.54) is 6.92 Å². The Hall–Kier alpha value is -1.20. The maximum absolute atomic E-state index is 10.8. The molecule has 0 saturated heterocycles. The lowest BCUT2D eigenvalue weighted by atomic mass is 10.2. The number of aliphatic hydroxyl groups excluding tert-OH is 2. The summed E-state index contributed by atoms with van der Waals surface area (Å²) >= 11 is 0. The molecule has 0 spiro atoms. The first-order valence-corrected chi connectivity index (χ1v) is 3.63. The zero-order valence-corrected chi connectivity index (χ0v) is 7.32. The molecule has 1 unspecified atom stereocenters. The summed E-state index contributed by atoms with van der Waals surface area (Å²) in [5.74, 6) is -1.46. The third-order valence-electron chi connectivity index (χ3n) is 1.25. The second-order valence-corrected chi connectivity index (χ2v) is 2.52. The molecular formula is C8H12O5. The molecule has 0 fully saturated rings. The van der Waals surface area contributed by atoms with Crippen LogP contribution in [0.3, 0.4) is 0 Å². The molecule has 74 valence electrons. The van der Waals surface area contributed by atoms with E-state index >= 15 is 0 Å². The minimum atomic E-state index is -1.46. The van der Waals surface area contributed by atoms with Crippen LogP contribution in [0.4, 0.5) is 0 Å². The van der Waals surface area contributed by atoms with Crippen LogP contribution >= 0.6 is 0 Å². The highest BCUT2D eigenvalue weighted by Gasteiger charge is 2.16. The Balaban J connectivity index is 3.83. The molecular weight excluding hydrogens is 176 g/mol. The maximum Gasteiger partial charge on any atom is 0.333 e. The third-order valence-corrected chi connectivity index (χ3v) is 1.25. The Morgan fingerprint density at radius 1 is 1.54 bits per heavy atom. The highest BCUT2D eigenvalue weighted by atomic mass is 16.5. The lowest BCUT2D eigenvalue weighted by Crippen LogP contribution is -2.29. The normalized spacial score (nSPS) is 11.9. The van der Waals surface area contributed by atoms with Gasteiger partial charge in [0.15, 0.2) is 5.78 Å². The van der Waals surface area contributed by atoms with E-state index in [0.717, 1.165) is 0 Å². The number of Topliss-reactive ketones (excluding diaryl/α,β-unsaturated/α-hetero) is 1. The molecule has 2 N–H and O–H groups in total. The van der Waals surface area contributed by atoms with Gasteiger partial charge in [0.25, 0.3) is 0 Å². The molecule has 0 heterocycles. The van der Waals surface area contributed by atoms with Gasteiger partial charge in [0.05, 0.1) is 0 Å². The van der Waals surface area contributed by atoms with E-state index in [2.05, 4.69) is 11.3 Å².